The average molecular weight is 369 g/mol. The van der Waals surface area contributed by atoms with Crippen LogP contribution in [0.25, 0.3) is 5.78 Å². The number of ether oxygens (including phenoxy) is 2. The standard InChI is InChI=1S/C18H19N5O4/c1-10-5-6-14(26-4)13(7-10)20-15(24)9-27-17(25)16-21-18-19-11(2)8-12(3)23(18)22-16/h5-8H,9H2,1-4H3,(H,20,24). The largest absolute Gasteiger partial charge is 0.495 e. The summed E-state index contributed by atoms with van der Waals surface area (Å²) in [4.78, 5) is 32.5. The van der Waals surface area contributed by atoms with Gasteiger partial charge in [0.1, 0.15) is 5.75 Å². The van der Waals surface area contributed by atoms with Gasteiger partial charge in [0.05, 0.1) is 12.8 Å². The molecule has 140 valence electrons. The molecule has 0 saturated heterocycles. The number of benzene rings is 1. The Morgan fingerprint density at radius 1 is 1.15 bits per heavy atom. The number of nitrogens with zero attached hydrogens (tertiary/aromatic N) is 4. The first-order valence-corrected chi connectivity index (χ1v) is 8.20. The van der Waals surface area contributed by atoms with Gasteiger partial charge in [0.2, 0.25) is 0 Å². The maximum absolute atomic E-state index is 12.2. The molecule has 2 aromatic heterocycles. The van der Waals surface area contributed by atoms with Crippen LogP contribution in [0.3, 0.4) is 0 Å². The van der Waals surface area contributed by atoms with Crippen molar-refractivity contribution >= 4 is 23.3 Å². The molecular weight excluding hydrogens is 350 g/mol. The maximum atomic E-state index is 12.2. The topological polar surface area (TPSA) is 108 Å². The Kier molecular flexibility index (Phi) is 5.02. The van der Waals surface area contributed by atoms with Crippen LogP contribution in [-0.2, 0) is 9.53 Å². The summed E-state index contributed by atoms with van der Waals surface area (Å²) >= 11 is 0. The summed E-state index contributed by atoms with van der Waals surface area (Å²) in [5, 5.41) is 6.72. The SMILES string of the molecule is COc1ccc(C)cc1NC(=O)COC(=O)c1nc2nc(C)cc(C)n2n1. The molecule has 0 radical (unpaired) electrons. The Hall–Kier alpha value is -3.49. The van der Waals surface area contributed by atoms with Crippen LogP contribution in [0.15, 0.2) is 24.3 Å². The minimum Gasteiger partial charge on any atom is -0.495 e. The molecule has 0 bridgehead atoms. The van der Waals surface area contributed by atoms with Gasteiger partial charge in [-0.2, -0.15) is 4.98 Å². The van der Waals surface area contributed by atoms with E-state index in [1.54, 1.807) is 12.1 Å². The van der Waals surface area contributed by atoms with E-state index in [0.29, 0.717) is 17.2 Å². The number of hydrogen-bond donors (Lipinski definition) is 1. The van der Waals surface area contributed by atoms with Gasteiger partial charge in [0, 0.05) is 11.4 Å². The highest BCUT2D eigenvalue weighted by molar-refractivity contribution is 5.95. The van der Waals surface area contributed by atoms with Crippen LogP contribution >= 0.6 is 0 Å². The Bertz CT molecular complexity index is 1030. The summed E-state index contributed by atoms with van der Waals surface area (Å²) in [5.74, 6) is -0.644. The van der Waals surface area contributed by atoms with Gasteiger partial charge in [-0.05, 0) is 44.5 Å². The quantitative estimate of drug-likeness (QED) is 0.684. The van der Waals surface area contributed by atoms with Crippen molar-refractivity contribution in [3.8, 4) is 5.75 Å². The molecule has 3 rings (SSSR count). The van der Waals surface area contributed by atoms with Gasteiger partial charge in [-0.15, -0.1) is 5.10 Å². The fourth-order valence-corrected chi connectivity index (χ4v) is 2.55. The molecule has 0 aliphatic heterocycles. The number of hydrogen-bond acceptors (Lipinski definition) is 7. The van der Waals surface area contributed by atoms with Crippen molar-refractivity contribution in [2.75, 3.05) is 19.0 Å². The first kappa shape index (κ1) is 18.3. The molecule has 2 heterocycles. The summed E-state index contributed by atoms with van der Waals surface area (Å²) in [7, 11) is 1.51. The molecular formula is C18H19N5O4. The van der Waals surface area contributed by atoms with Crippen molar-refractivity contribution in [2.24, 2.45) is 0 Å². The number of rotatable bonds is 5. The van der Waals surface area contributed by atoms with Crippen LogP contribution in [0.5, 0.6) is 5.75 Å². The van der Waals surface area contributed by atoms with Crippen LogP contribution in [0, 0.1) is 20.8 Å². The number of anilines is 1. The van der Waals surface area contributed by atoms with Crippen molar-refractivity contribution in [1.82, 2.24) is 19.6 Å². The number of nitrogens with one attached hydrogen (secondary N) is 1. The minimum atomic E-state index is -0.802. The Labute approximate surface area is 155 Å². The lowest BCUT2D eigenvalue weighted by molar-refractivity contribution is -0.119. The third kappa shape index (κ3) is 4.02. The van der Waals surface area contributed by atoms with Crippen molar-refractivity contribution in [1.29, 1.82) is 0 Å². The highest BCUT2D eigenvalue weighted by Crippen LogP contribution is 2.25. The smallest absolute Gasteiger partial charge is 0.378 e. The van der Waals surface area contributed by atoms with Crippen molar-refractivity contribution < 1.29 is 19.1 Å². The predicted octanol–water partition coefficient (Wildman–Crippen LogP) is 1.85. The van der Waals surface area contributed by atoms with Gasteiger partial charge in [0.15, 0.2) is 6.61 Å². The van der Waals surface area contributed by atoms with Crippen LogP contribution in [0.1, 0.15) is 27.6 Å². The van der Waals surface area contributed by atoms with E-state index >= 15 is 0 Å². The molecule has 1 N–H and O–H groups in total. The molecule has 0 unspecified atom stereocenters. The second kappa shape index (κ2) is 7.40. The predicted molar refractivity (Wildman–Crippen MR) is 96.9 cm³/mol. The number of fused-ring (bicyclic) bond motifs is 1. The van der Waals surface area contributed by atoms with Crippen LogP contribution in [0.4, 0.5) is 5.69 Å². The van der Waals surface area contributed by atoms with Crippen molar-refractivity contribution in [3.63, 3.8) is 0 Å². The van der Waals surface area contributed by atoms with Crippen LogP contribution < -0.4 is 10.1 Å². The summed E-state index contributed by atoms with van der Waals surface area (Å²) in [6, 6.07) is 7.19. The number of carbonyl (C=O) groups is 2. The summed E-state index contributed by atoms with van der Waals surface area (Å²) in [6.45, 7) is 5.07. The van der Waals surface area contributed by atoms with Crippen LogP contribution in [-0.4, -0.2) is 45.2 Å². The summed E-state index contributed by atoms with van der Waals surface area (Å²) < 4.78 is 11.7. The lowest BCUT2D eigenvalue weighted by Crippen LogP contribution is -2.21. The lowest BCUT2D eigenvalue weighted by atomic mass is 10.2. The van der Waals surface area contributed by atoms with E-state index in [1.807, 2.05) is 32.9 Å². The molecule has 0 spiro atoms. The third-order valence-corrected chi connectivity index (χ3v) is 3.76. The number of methoxy groups -OCH3 is 1. The van der Waals surface area contributed by atoms with Crippen LogP contribution in [0.2, 0.25) is 0 Å². The second-order valence-corrected chi connectivity index (χ2v) is 6.01. The van der Waals surface area contributed by atoms with E-state index < -0.39 is 18.5 Å². The number of carbonyl (C=O) groups excluding carboxylic acids is 2. The fourth-order valence-electron chi connectivity index (χ4n) is 2.55. The molecule has 1 amide bonds. The Balaban J connectivity index is 1.66. The molecule has 3 aromatic rings. The fraction of sp³-hybridized carbons (Fsp3) is 0.278. The summed E-state index contributed by atoms with van der Waals surface area (Å²) in [5.41, 5.74) is 3.00. The molecule has 9 heteroatoms. The monoisotopic (exact) mass is 369 g/mol. The van der Waals surface area contributed by atoms with Gasteiger partial charge in [0.25, 0.3) is 17.5 Å². The van der Waals surface area contributed by atoms with Crippen molar-refractivity contribution in [2.45, 2.75) is 20.8 Å². The Morgan fingerprint density at radius 2 is 1.93 bits per heavy atom. The van der Waals surface area contributed by atoms with E-state index in [4.69, 9.17) is 9.47 Å². The van der Waals surface area contributed by atoms with Gasteiger partial charge < -0.3 is 14.8 Å². The number of aryl methyl sites for hydroxylation is 3. The van der Waals surface area contributed by atoms with E-state index in [1.165, 1.54) is 11.6 Å². The van der Waals surface area contributed by atoms with Gasteiger partial charge in [-0.25, -0.2) is 14.3 Å². The molecule has 1 aromatic carbocycles. The van der Waals surface area contributed by atoms with E-state index in [0.717, 1.165) is 17.0 Å². The minimum absolute atomic E-state index is 0.155. The molecule has 9 nitrogen and oxygen atoms in total. The van der Waals surface area contributed by atoms with E-state index in [-0.39, 0.29) is 5.82 Å². The first-order valence-electron chi connectivity index (χ1n) is 8.20. The molecule has 0 atom stereocenters. The zero-order valence-electron chi connectivity index (χ0n) is 15.4. The molecule has 0 fully saturated rings. The normalized spacial score (nSPS) is 10.7. The van der Waals surface area contributed by atoms with Gasteiger partial charge in [-0.1, -0.05) is 6.07 Å². The number of esters is 1. The molecule has 0 aliphatic rings. The second-order valence-electron chi connectivity index (χ2n) is 6.01. The maximum Gasteiger partial charge on any atom is 0.378 e. The van der Waals surface area contributed by atoms with Crippen molar-refractivity contribution in [3.05, 3.63) is 47.0 Å². The highest BCUT2D eigenvalue weighted by atomic mass is 16.5. The lowest BCUT2D eigenvalue weighted by Gasteiger charge is -2.10. The Morgan fingerprint density at radius 3 is 2.67 bits per heavy atom. The first-order chi connectivity index (χ1) is 12.9. The van der Waals surface area contributed by atoms with Gasteiger partial charge in [-0.3, -0.25) is 4.79 Å². The van der Waals surface area contributed by atoms with E-state index in [2.05, 4.69) is 20.4 Å². The zero-order chi connectivity index (χ0) is 19.6. The average Bonchev–Trinajstić information content (AvgIpc) is 3.04. The van der Waals surface area contributed by atoms with Gasteiger partial charge >= 0.3 is 5.97 Å². The number of amides is 1. The zero-order valence-corrected chi connectivity index (χ0v) is 15.4. The highest BCUT2D eigenvalue weighted by Gasteiger charge is 2.18. The third-order valence-electron chi connectivity index (χ3n) is 3.76. The molecule has 27 heavy (non-hydrogen) atoms. The van der Waals surface area contributed by atoms with E-state index in [9.17, 15) is 9.59 Å². The molecule has 0 aliphatic carbocycles. The molecule has 0 saturated carbocycles. The summed E-state index contributed by atoms with van der Waals surface area (Å²) in [6.07, 6.45) is 0. The number of aromatic nitrogens is 4.